The Morgan fingerprint density at radius 3 is 2.00 bits per heavy atom. The van der Waals surface area contributed by atoms with Crippen LogP contribution in [0.4, 0.5) is 0 Å². The third-order valence-electron chi connectivity index (χ3n) is 9.59. The van der Waals surface area contributed by atoms with Gasteiger partial charge in [-0.25, -0.2) is 0 Å². The summed E-state index contributed by atoms with van der Waals surface area (Å²) in [6.07, 6.45) is 8.15. The van der Waals surface area contributed by atoms with Gasteiger partial charge < -0.3 is 14.0 Å². The molecule has 0 aliphatic rings. The van der Waals surface area contributed by atoms with E-state index in [2.05, 4.69) is 136 Å². The van der Waals surface area contributed by atoms with Crippen LogP contribution in [0.3, 0.4) is 0 Å². The summed E-state index contributed by atoms with van der Waals surface area (Å²) in [5.74, 6) is 0.780. The molecule has 0 atom stereocenters. The molecule has 277 valence electrons. The van der Waals surface area contributed by atoms with Gasteiger partial charge in [0.2, 0.25) is 0 Å². The van der Waals surface area contributed by atoms with E-state index in [0.29, 0.717) is 11.3 Å². The molecule has 4 aromatic heterocycles. The monoisotopic (exact) mass is 919 g/mol. The SMILES string of the molecule is [2H]C([2H])([2H])c1c[c-]c(-c2ccc(C([2H])([2H])[2H])cn2)cc1.[Ir].[c-]1oc2ccc(-c3ccncc3)cc2c1-c1nc2ccccc2n1-c1c(-c2ccccc2)cccc1-c1ccccc1. The fraction of sp³-hybridized carbons (Fsp3) is 0.0392. The number of benzene rings is 6. The minimum atomic E-state index is -2.18. The number of fused-ring (bicyclic) bond motifs is 2. The van der Waals surface area contributed by atoms with Gasteiger partial charge in [-0.05, 0) is 64.6 Å². The predicted octanol–water partition coefficient (Wildman–Crippen LogP) is 12.8. The van der Waals surface area contributed by atoms with Crippen molar-refractivity contribution in [3.63, 3.8) is 0 Å². The van der Waals surface area contributed by atoms with E-state index in [1.165, 1.54) is 24.4 Å². The van der Waals surface area contributed by atoms with Crippen LogP contribution in [0.2, 0.25) is 0 Å². The zero-order valence-corrected chi connectivity index (χ0v) is 32.7. The average molecular weight is 919 g/mol. The zero-order valence-electron chi connectivity index (χ0n) is 36.4. The zero-order chi connectivity index (χ0) is 42.8. The molecule has 0 aliphatic heterocycles. The van der Waals surface area contributed by atoms with Crippen molar-refractivity contribution in [2.45, 2.75) is 13.7 Å². The maximum atomic E-state index is 7.28. The number of aromatic nitrogens is 4. The fourth-order valence-electron chi connectivity index (χ4n) is 6.91. The second-order valence-electron chi connectivity index (χ2n) is 13.1. The molecule has 0 saturated carbocycles. The van der Waals surface area contributed by atoms with Crippen LogP contribution in [0.15, 0.2) is 187 Å². The van der Waals surface area contributed by atoms with Gasteiger partial charge in [-0.3, -0.25) is 9.97 Å². The summed E-state index contributed by atoms with van der Waals surface area (Å²) in [7, 11) is 0. The molecule has 10 aromatic rings. The van der Waals surface area contributed by atoms with Crippen LogP contribution < -0.4 is 0 Å². The standard InChI is InChI=1S/C38H24N3O.C13H12N.Ir/c1-3-10-27(11-4-1)30-14-9-15-31(28-12-5-2-6-13-28)37(30)41-35-17-8-7-16-34(35)40-38(41)33-25-42-36-19-18-29(24-32(33)36)26-20-22-39-23-21-26;1-10-3-6-12(7-4-10)13-8-5-11(2)9-14-13;/h1-24H;3-6,8-9H,1-2H3;/q2*-1;/i;1D3,2D3;. The third-order valence-corrected chi connectivity index (χ3v) is 9.59. The molecule has 0 bridgehead atoms. The average Bonchev–Trinajstić information content (AvgIpc) is 3.90. The van der Waals surface area contributed by atoms with Gasteiger partial charge in [0, 0.05) is 69.9 Å². The smallest absolute Gasteiger partial charge is 0.0774 e. The Morgan fingerprint density at radius 2 is 1.33 bits per heavy atom. The number of hydrogen-bond donors (Lipinski definition) is 0. The van der Waals surface area contributed by atoms with Crippen LogP contribution in [-0.4, -0.2) is 19.5 Å². The van der Waals surface area contributed by atoms with E-state index >= 15 is 0 Å². The molecule has 0 aliphatic carbocycles. The first kappa shape index (κ1) is 30.5. The number of pyridine rings is 2. The van der Waals surface area contributed by atoms with Gasteiger partial charge in [0.1, 0.15) is 0 Å². The first-order chi connectivity index (χ1) is 30.0. The van der Waals surface area contributed by atoms with E-state index < -0.39 is 13.7 Å². The van der Waals surface area contributed by atoms with Crippen LogP contribution in [0.25, 0.3) is 83.7 Å². The maximum Gasteiger partial charge on any atom is 0.0774 e. The Balaban J connectivity index is 0.000000219. The number of rotatable bonds is 6. The Kier molecular flexibility index (Phi) is 8.86. The van der Waals surface area contributed by atoms with Gasteiger partial charge in [0.05, 0.1) is 22.5 Å². The van der Waals surface area contributed by atoms with Gasteiger partial charge >= 0.3 is 0 Å². The molecule has 0 unspecified atom stereocenters. The molecule has 0 N–H and O–H groups in total. The number of para-hydroxylation sites is 3. The molecule has 0 amide bonds. The van der Waals surface area contributed by atoms with Crippen molar-refractivity contribution in [2.24, 2.45) is 0 Å². The first-order valence-electron chi connectivity index (χ1n) is 21.1. The van der Waals surface area contributed by atoms with Gasteiger partial charge in [-0.15, -0.1) is 35.4 Å². The van der Waals surface area contributed by atoms with Crippen LogP contribution in [0.1, 0.15) is 19.4 Å². The Hall–Kier alpha value is -6.72. The van der Waals surface area contributed by atoms with Crippen molar-refractivity contribution in [3.05, 3.63) is 206 Å². The molecule has 6 heteroatoms. The molecule has 1 radical (unpaired) electrons. The van der Waals surface area contributed by atoms with Crippen LogP contribution in [0.5, 0.6) is 0 Å². The normalized spacial score (nSPS) is 12.8. The molecule has 5 nitrogen and oxygen atoms in total. The van der Waals surface area contributed by atoms with E-state index in [-0.39, 0.29) is 31.2 Å². The summed E-state index contributed by atoms with van der Waals surface area (Å²) >= 11 is 0. The van der Waals surface area contributed by atoms with Gasteiger partial charge in [0.15, 0.2) is 0 Å². The van der Waals surface area contributed by atoms with Gasteiger partial charge in [0.25, 0.3) is 0 Å². The van der Waals surface area contributed by atoms with Crippen LogP contribution in [-0.2, 0) is 20.1 Å². The summed E-state index contributed by atoms with van der Waals surface area (Å²) in [6, 6.07) is 56.6. The number of hydrogen-bond acceptors (Lipinski definition) is 4. The maximum absolute atomic E-state index is 7.28. The first-order valence-corrected chi connectivity index (χ1v) is 18.1. The largest absolute Gasteiger partial charge is 0.557 e. The quantitative estimate of drug-likeness (QED) is 0.156. The van der Waals surface area contributed by atoms with E-state index in [4.69, 9.17) is 17.6 Å². The van der Waals surface area contributed by atoms with Crippen LogP contribution >= 0.6 is 0 Å². The minimum absolute atomic E-state index is 0. The van der Waals surface area contributed by atoms with Crippen molar-refractivity contribution in [2.75, 3.05) is 0 Å². The molecular formula is C51H36IrN4O-2. The van der Waals surface area contributed by atoms with E-state index in [1.807, 2.05) is 36.7 Å². The number of furan rings is 1. The second-order valence-corrected chi connectivity index (χ2v) is 13.1. The van der Waals surface area contributed by atoms with Gasteiger partial charge in [-0.1, -0.05) is 139 Å². The summed E-state index contributed by atoms with van der Waals surface area (Å²) in [5.41, 5.74) is 12.8. The Labute approximate surface area is 354 Å². The Bertz CT molecular complexity index is 3020. The van der Waals surface area contributed by atoms with E-state index in [0.717, 1.165) is 72.5 Å². The summed E-state index contributed by atoms with van der Waals surface area (Å²) in [6.45, 7) is -4.34. The summed E-state index contributed by atoms with van der Waals surface area (Å²) in [4.78, 5) is 13.5. The van der Waals surface area contributed by atoms with Crippen LogP contribution in [0, 0.1) is 26.0 Å². The third kappa shape index (κ3) is 7.61. The molecule has 10 rings (SSSR count). The molecule has 0 saturated heterocycles. The number of imidazole rings is 1. The van der Waals surface area contributed by atoms with E-state index in [9.17, 15) is 0 Å². The van der Waals surface area contributed by atoms with Crippen molar-refractivity contribution in [1.29, 1.82) is 0 Å². The molecule has 4 heterocycles. The van der Waals surface area contributed by atoms with Gasteiger partial charge in [-0.2, -0.15) is 0 Å². The van der Waals surface area contributed by atoms with Crippen molar-refractivity contribution in [3.8, 4) is 61.7 Å². The molecule has 6 aromatic carbocycles. The molecule has 0 fully saturated rings. The van der Waals surface area contributed by atoms with E-state index in [1.54, 1.807) is 12.1 Å². The molecule has 57 heavy (non-hydrogen) atoms. The number of nitrogens with zero attached hydrogens (tertiary/aromatic N) is 4. The fourth-order valence-corrected chi connectivity index (χ4v) is 6.91. The van der Waals surface area contributed by atoms with Crippen molar-refractivity contribution >= 4 is 22.0 Å². The van der Waals surface area contributed by atoms with Crippen molar-refractivity contribution < 1.29 is 32.7 Å². The topological polar surface area (TPSA) is 56.7 Å². The molecular weight excluding hydrogens is 877 g/mol. The summed E-state index contributed by atoms with van der Waals surface area (Å²) < 4.78 is 51.9. The molecule has 0 spiro atoms. The number of aryl methyl sites for hydroxylation is 2. The minimum Gasteiger partial charge on any atom is -0.557 e. The summed E-state index contributed by atoms with van der Waals surface area (Å²) in [5, 5.41) is 0.958. The van der Waals surface area contributed by atoms with Crippen molar-refractivity contribution in [1.82, 2.24) is 19.5 Å². The predicted molar refractivity (Wildman–Crippen MR) is 227 cm³/mol. The Morgan fingerprint density at radius 1 is 0.632 bits per heavy atom. The second kappa shape index (κ2) is 16.6.